The van der Waals surface area contributed by atoms with Crippen molar-refractivity contribution in [2.24, 2.45) is 5.92 Å². The highest BCUT2D eigenvalue weighted by atomic mass is 16.4. The van der Waals surface area contributed by atoms with Crippen molar-refractivity contribution in [3.05, 3.63) is 42.1 Å². The van der Waals surface area contributed by atoms with Crippen molar-refractivity contribution in [2.75, 3.05) is 6.54 Å². The predicted molar refractivity (Wildman–Crippen MR) is 93.5 cm³/mol. The Balaban J connectivity index is 1.65. The molecule has 0 aliphatic heterocycles. The highest BCUT2D eigenvalue weighted by Gasteiger charge is 2.57. The highest BCUT2D eigenvalue weighted by molar-refractivity contribution is 5.85. The molecule has 0 spiro atoms. The molecule has 2 heterocycles. The summed E-state index contributed by atoms with van der Waals surface area (Å²) in [5.74, 6) is 0.740. The fourth-order valence-corrected chi connectivity index (χ4v) is 3.25. The Morgan fingerprint density at radius 2 is 2.11 bits per heavy atom. The Morgan fingerprint density at radius 1 is 1.37 bits per heavy atom. The number of rotatable bonds is 6. The van der Waals surface area contributed by atoms with Crippen LogP contribution in [0.3, 0.4) is 0 Å². The molecule has 2 amide bonds. The third-order valence-electron chi connectivity index (χ3n) is 4.90. The number of carboxylic acid groups (broad SMARTS) is 2. The fourth-order valence-electron chi connectivity index (χ4n) is 3.25. The van der Waals surface area contributed by atoms with E-state index in [1.165, 1.54) is 0 Å². The molecule has 2 N–H and O–H groups in total. The van der Waals surface area contributed by atoms with Crippen LogP contribution in [-0.2, 0) is 5.41 Å². The second-order valence-corrected chi connectivity index (χ2v) is 6.70. The lowest BCUT2D eigenvalue weighted by molar-refractivity contribution is 0.122. The molecule has 0 aromatic carbocycles. The SMILES string of the molecule is Cc1ccc(-n2cnc(C3(C#N)CC3CCCN(C(=O)O)C(=O)O)c2)nc1. The molecule has 1 fully saturated rings. The first-order valence-corrected chi connectivity index (χ1v) is 8.49. The summed E-state index contributed by atoms with van der Waals surface area (Å²) >= 11 is 0. The van der Waals surface area contributed by atoms with Gasteiger partial charge in [-0.25, -0.2) is 24.5 Å². The van der Waals surface area contributed by atoms with Crippen molar-refractivity contribution in [2.45, 2.75) is 31.6 Å². The monoisotopic (exact) mass is 369 g/mol. The van der Waals surface area contributed by atoms with Gasteiger partial charge in [-0.3, -0.25) is 4.57 Å². The van der Waals surface area contributed by atoms with Gasteiger partial charge in [-0.1, -0.05) is 6.07 Å². The Morgan fingerprint density at radius 3 is 2.70 bits per heavy atom. The molecule has 1 aliphatic carbocycles. The van der Waals surface area contributed by atoms with Gasteiger partial charge in [0.05, 0.1) is 11.8 Å². The van der Waals surface area contributed by atoms with E-state index >= 15 is 0 Å². The summed E-state index contributed by atoms with van der Waals surface area (Å²) in [6.07, 6.45) is 3.74. The number of hydrogen-bond donors (Lipinski definition) is 2. The number of aromatic nitrogens is 3. The van der Waals surface area contributed by atoms with Crippen molar-refractivity contribution in [3.8, 4) is 11.9 Å². The largest absolute Gasteiger partial charge is 0.465 e. The first kappa shape index (κ1) is 18.4. The van der Waals surface area contributed by atoms with Crippen molar-refractivity contribution < 1.29 is 19.8 Å². The van der Waals surface area contributed by atoms with E-state index in [2.05, 4.69) is 16.0 Å². The normalized spacial score (nSPS) is 20.7. The van der Waals surface area contributed by atoms with Gasteiger partial charge >= 0.3 is 12.2 Å². The Bertz CT molecular complexity index is 887. The van der Waals surface area contributed by atoms with Gasteiger partial charge in [0.25, 0.3) is 0 Å². The Kier molecular flexibility index (Phi) is 4.81. The van der Waals surface area contributed by atoms with Crippen LogP contribution >= 0.6 is 0 Å². The number of nitrogens with zero attached hydrogens (tertiary/aromatic N) is 5. The maximum Gasteiger partial charge on any atom is 0.416 e. The third-order valence-corrected chi connectivity index (χ3v) is 4.90. The first-order chi connectivity index (χ1) is 12.9. The zero-order chi connectivity index (χ0) is 19.6. The lowest BCUT2D eigenvalue weighted by Crippen LogP contribution is -2.35. The molecular weight excluding hydrogens is 350 g/mol. The summed E-state index contributed by atoms with van der Waals surface area (Å²) in [5, 5.41) is 27.4. The van der Waals surface area contributed by atoms with Crippen LogP contribution in [0.2, 0.25) is 0 Å². The molecule has 0 bridgehead atoms. The van der Waals surface area contributed by atoms with Crippen LogP contribution in [0, 0.1) is 24.2 Å². The summed E-state index contributed by atoms with van der Waals surface area (Å²) in [6, 6.07) is 6.15. The smallest absolute Gasteiger partial charge is 0.416 e. The summed E-state index contributed by atoms with van der Waals surface area (Å²) in [6.45, 7) is 1.84. The lowest BCUT2D eigenvalue weighted by Gasteiger charge is -2.13. The second kappa shape index (κ2) is 7.07. The summed E-state index contributed by atoms with van der Waals surface area (Å²) < 4.78 is 1.76. The molecule has 27 heavy (non-hydrogen) atoms. The highest BCUT2D eigenvalue weighted by Crippen LogP contribution is 2.55. The minimum Gasteiger partial charge on any atom is -0.465 e. The number of nitriles is 1. The topological polar surface area (TPSA) is 132 Å². The standard InChI is InChI=1S/C18H19N5O4/c1-12-4-5-15(20-8-12)22-9-14(21-11-22)18(10-19)7-13(18)3-2-6-23(16(24)25)17(26)27/h4-5,8-9,11,13H,2-3,6-7H2,1H3,(H,24,25)(H,26,27). The molecule has 2 atom stereocenters. The van der Waals surface area contributed by atoms with E-state index in [4.69, 9.17) is 10.2 Å². The maximum absolute atomic E-state index is 10.9. The van der Waals surface area contributed by atoms with E-state index in [1.807, 2.05) is 19.1 Å². The van der Waals surface area contributed by atoms with Crippen LogP contribution in [0.5, 0.6) is 0 Å². The van der Waals surface area contributed by atoms with Gasteiger partial charge in [0.2, 0.25) is 0 Å². The van der Waals surface area contributed by atoms with Crippen LogP contribution in [0.25, 0.3) is 5.82 Å². The van der Waals surface area contributed by atoms with Crippen molar-refractivity contribution in [3.63, 3.8) is 0 Å². The van der Waals surface area contributed by atoms with Gasteiger partial charge in [0.1, 0.15) is 17.6 Å². The molecule has 2 aromatic heterocycles. The van der Waals surface area contributed by atoms with Gasteiger partial charge < -0.3 is 10.2 Å². The molecule has 1 aliphatic rings. The number of amides is 2. The number of carbonyl (C=O) groups is 2. The van der Waals surface area contributed by atoms with Gasteiger partial charge in [0.15, 0.2) is 0 Å². The van der Waals surface area contributed by atoms with Crippen LogP contribution < -0.4 is 0 Å². The van der Waals surface area contributed by atoms with Crippen LogP contribution in [-0.4, -0.2) is 48.4 Å². The maximum atomic E-state index is 10.9. The van der Waals surface area contributed by atoms with Gasteiger partial charge in [0, 0.05) is 18.9 Å². The van der Waals surface area contributed by atoms with Crippen LogP contribution in [0.15, 0.2) is 30.9 Å². The summed E-state index contributed by atoms with van der Waals surface area (Å²) in [5.41, 5.74) is 1.00. The van der Waals surface area contributed by atoms with E-state index < -0.39 is 17.6 Å². The Labute approximate surface area is 155 Å². The van der Waals surface area contributed by atoms with Crippen LogP contribution in [0.1, 0.15) is 30.5 Å². The number of imide groups is 1. The number of hydrogen-bond acceptors (Lipinski definition) is 5. The first-order valence-electron chi connectivity index (χ1n) is 8.49. The molecule has 9 heteroatoms. The molecule has 3 rings (SSSR count). The van der Waals surface area contributed by atoms with Crippen LogP contribution in [0.4, 0.5) is 9.59 Å². The Hall–Kier alpha value is -3.41. The van der Waals surface area contributed by atoms with Crippen molar-refractivity contribution in [1.29, 1.82) is 5.26 Å². The zero-order valence-corrected chi connectivity index (χ0v) is 14.7. The van der Waals surface area contributed by atoms with E-state index in [-0.39, 0.29) is 12.5 Å². The van der Waals surface area contributed by atoms with Crippen molar-refractivity contribution >= 4 is 12.2 Å². The number of pyridine rings is 1. The number of aryl methyl sites for hydroxylation is 1. The minimum absolute atomic E-state index is 0.0290. The fraction of sp³-hybridized carbons (Fsp3) is 0.389. The molecule has 2 unspecified atom stereocenters. The zero-order valence-electron chi connectivity index (χ0n) is 14.7. The molecule has 9 nitrogen and oxygen atoms in total. The molecular formula is C18H19N5O4. The van der Waals surface area contributed by atoms with E-state index in [0.29, 0.717) is 35.7 Å². The van der Waals surface area contributed by atoms with E-state index in [0.717, 1.165) is 5.56 Å². The molecule has 0 radical (unpaired) electrons. The summed E-state index contributed by atoms with van der Waals surface area (Å²) in [4.78, 5) is 30.8. The van der Waals surface area contributed by atoms with Gasteiger partial charge in [-0.15, -0.1) is 0 Å². The lowest BCUT2D eigenvalue weighted by atomic mass is 9.99. The minimum atomic E-state index is -1.49. The average molecular weight is 369 g/mol. The quantitative estimate of drug-likeness (QED) is 0.800. The average Bonchev–Trinajstić information content (AvgIpc) is 3.12. The predicted octanol–water partition coefficient (Wildman–Crippen LogP) is 2.80. The second-order valence-electron chi connectivity index (χ2n) is 6.70. The van der Waals surface area contributed by atoms with Crippen molar-refractivity contribution in [1.82, 2.24) is 19.4 Å². The molecule has 140 valence electrons. The molecule has 2 aromatic rings. The third kappa shape index (κ3) is 3.60. The summed E-state index contributed by atoms with van der Waals surface area (Å²) in [7, 11) is 0. The van der Waals surface area contributed by atoms with Gasteiger partial charge in [-0.2, -0.15) is 5.26 Å². The number of imidazole rings is 1. The van der Waals surface area contributed by atoms with E-state index in [1.54, 1.807) is 23.3 Å². The molecule has 1 saturated carbocycles. The van der Waals surface area contributed by atoms with Gasteiger partial charge in [-0.05, 0) is 43.7 Å². The van der Waals surface area contributed by atoms with E-state index in [9.17, 15) is 14.9 Å². The molecule has 0 saturated heterocycles.